The third kappa shape index (κ3) is 4.04. The Kier molecular flexibility index (Phi) is 4.92. The highest BCUT2D eigenvalue weighted by atomic mass is 79.9. The molecule has 0 spiro atoms. The molecule has 1 saturated heterocycles. The first-order chi connectivity index (χ1) is 7.40. The third-order valence-corrected chi connectivity index (χ3v) is 3.79. The number of hydrogen-bond donors (Lipinski definition) is 0. The van der Waals surface area contributed by atoms with E-state index in [9.17, 15) is 0 Å². The zero-order chi connectivity index (χ0) is 10.5. The fourth-order valence-electron chi connectivity index (χ4n) is 2.42. The normalized spacial score (nSPS) is 26.4. The van der Waals surface area contributed by atoms with Crippen LogP contribution in [0.15, 0.2) is 0 Å². The molecule has 3 heteroatoms. The summed E-state index contributed by atoms with van der Waals surface area (Å²) in [4.78, 5) is 2.64. The Morgan fingerprint density at radius 3 is 2.67 bits per heavy atom. The second kappa shape index (κ2) is 6.21. The van der Waals surface area contributed by atoms with Gasteiger partial charge in [-0.1, -0.05) is 15.9 Å². The van der Waals surface area contributed by atoms with Crippen molar-refractivity contribution in [3.05, 3.63) is 0 Å². The van der Waals surface area contributed by atoms with E-state index >= 15 is 0 Å². The van der Waals surface area contributed by atoms with Crippen molar-refractivity contribution in [3.63, 3.8) is 0 Å². The van der Waals surface area contributed by atoms with Gasteiger partial charge in [0, 0.05) is 24.5 Å². The van der Waals surface area contributed by atoms with Gasteiger partial charge in [-0.15, -0.1) is 0 Å². The number of halogens is 1. The van der Waals surface area contributed by atoms with Crippen LogP contribution in [0.4, 0.5) is 0 Å². The summed E-state index contributed by atoms with van der Waals surface area (Å²) >= 11 is 3.54. The molecule has 1 aliphatic carbocycles. The molecule has 1 aliphatic heterocycles. The van der Waals surface area contributed by atoms with Gasteiger partial charge in [0.15, 0.2) is 0 Å². The zero-order valence-corrected chi connectivity index (χ0v) is 11.0. The van der Waals surface area contributed by atoms with E-state index in [1.807, 2.05) is 0 Å². The zero-order valence-electron chi connectivity index (χ0n) is 9.46. The minimum absolute atomic E-state index is 0.579. The van der Waals surface area contributed by atoms with E-state index < -0.39 is 0 Å². The van der Waals surface area contributed by atoms with E-state index in [0.29, 0.717) is 6.10 Å². The molecule has 1 saturated carbocycles. The molecular formula is C12H22BrNO. The van der Waals surface area contributed by atoms with Crippen molar-refractivity contribution in [1.82, 2.24) is 4.90 Å². The van der Waals surface area contributed by atoms with Crippen molar-refractivity contribution in [2.24, 2.45) is 0 Å². The van der Waals surface area contributed by atoms with Gasteiger partial charge in [-0.25, -0.2) is 0 Å². The lowest BCUT2D eigenvalue weighted by Gasteiger charge is -2.21. The average Bonchev–Trinajstić information content (AvgIpc) is 2.96. The van der Waals surface area contributed by atoms with Crippen LogP contribution in [0.1, 0.15) is 38.5 Å². The maximum Gasteiger partial charge on any atom is 0.0576 e. The van der Waals surface area contributed by atoms with Crippen LogP contribution in [0.3, 0.4) is 0 Å². The maximum atomic E-state index is 5.64. The SMILES string of the molecule is BrCCN(CCCC1CCCO1)C1CC1. The van der Waals surface area contributed by atoms with Crippen molar-refractivity contribution in [2.45, 2.75) is 50.7 Å². The van der Waals surface area contributed by atoms with Crippen LogP contribution >= 0.6 is 15.9 Å². The summed E-state index contributed by atoms with van der Waals surface area (Å²) in [6.07, 6.45) is 8.58. The Balaban J connectivity index is 1.57. The smallest absolute Gasteiger partial charge is 0.0576 e. The number of ether oxygens (including phenoxy) is 1. The fraction of sp³-hybridized carbons (Fsp3) is 1.00. The molecule has 2 fully saturated rings. The van der Waals surface area contributed by atoms with Gasteiger partial charge >= 0.3 is 0 Å². The molecule has 2 rings (SSSR count). The first kappa shape index (κ1) is 11.9. The molecule has 0 aromatic rings. The molecule has 0 N–H and O–H groups in total. The van der Waals surface area contributed by atoms with Gasteiger partial charge in [0.1, 0.15) is 0 Å². The molecular weight excluding hydrogens is 254 g/mol. The molecule has 0 amide bonds. The first-order valence-electron chi connectivity index (χ1n) is 6.32. The highest BCUT2D eigenvalue weighted by Gasteiger charge is 2.28. The topological polar surface area (TPSA) is 12.5 Å². The Morgan fingerprint density at radius 1 is 1.20 bits per heavy atom. The summed E-state index contributed by atoms with van der Waals surface area (Å²) in [5.41, 5.74) is 0. The Morgan fingerprint density at radius 2 is 2.07 bits per heavy atom. The fourth-order valence-corrected chi connectivity index (χ4v) is 2.87. The Hall–Kier alpha value is 0.400. The molecule has 15 heavy (non-hydrogen) atoms. The Labute approximate surface area is 101 Å². The lowest BCUT2D eigenvalue weighted by Crippen LogP contribution is -2.29. The van der Waals surface area contributed by atoms with E-state index in [4.69, 9.17) is 4.74 Å². The van der Waals surface area contributed by atoms with Gasteiger partial charge in [0.2, 0.25) is 0 Å². The van der Waals surface area contributed by atoms with Crippen molar-refractivity contribution in [2.75, 3.05) is 25.0 Å². The van der Waals surface area contributed by atoms with E-state index in [0.717, 1.165) is 18.0 Å². The molecule has 0 bridgehead atoms. The van der Waals surface area contributed by atoms with E-state index in [2.05, 4.69) is 20.8 Å². The summed E-state index contributed by atoms with van der Waals surface area (Å²) in [7, 11) is 0. The summed E-state index contributed by atoms with van der Waals surface area (Å²) in [6.45, 7) is 3.49. The summed E-state index contributed by atoms with van der Waals surface area (Å²) in [5.74, 6) is 0. The highest BCUT2D eigenvalue weighted by molar-refractivity contribution is 9.09. The molecule has 0 aromatic heterocycles. The van der Waals surface area contributed by atoms with Crippen LogP contribution < -0.4 is 0 Å². The van der Waals surface area contributed by atoms with Gasteiger partial charge < -0.3 is 4.74 Å². The third-order valence-electron chi connectivity index (χ3n) is 3.43. The minimum Gasteiger partial charge on any atom is -0.378 e. The second-order valence-electron chi connectivity index (χ2n) is 4.73. The molecule has 2 aliphatic rings. The van der Waals surface area contributed by atoms with Crippen LogP contribution in [0.5, 0.6) is 0 Å². The van der Waals surface area contributed by atoms with E-state index in [1.54, 1.807) is 0 Å². The molecule has 88 valence electrons. The molecule has 0 aromatic carbocycles. The van der Waals surface area contributed by atoms with Crippen molar-refractivity contribution in [3.8, 4) is 0 Å². The monoisotopic (exact) mass is 275 g/mol. The van der Waals surface area contributed by atoms with Gasteiger partial charge in [0.25, 0.3) is 0 Å². The van der Waals surface area contributed by atoms with Crippen molar-refractivity contribution in [1.29, 1.82) is 0 Å². The van der Waals surface area contributed by atoms with Gasteiger partial charge in [0.05, 0.1) is 6.10 Å². The lowest BCUT2D eigenvalue weighted by atomic mass is 10.1. The van der Waals surface area contributed by atoms with E-state index in [-0.39, 0.29) is 0 Å². The van der Waals surface area contributed by atoms with Crippen LogP contribution in [-0.4, -0.2) is 42.1 Å². The molecule has 1 heterocycles. The lowest BCUT2D eigenvalue weighted by molar-refractivity contribution is 0.0986. The first-order valence-corrected chi connectivity index (χ1v) is 7.44. The van der Waals surface area contributed by atoms with E-state index in [1.165, 1.54) is 51.6 Å². The minimum atomic E-state index is 0.579. The molecule has 2 nitrogen and oxygen atoms in total. The molecule has 1 unspecified atom stereocenters. The quantitative estimate of drug-likeness (QED) is 0.663. The number of alkyl halides is 1. The van der Waals surface area contributed by atoms with Crippen molar-refractivity contribution < 1.29 is 4.74 Å². The van der Waals surface area contributed by atoms with Crippen LogP contribution in [0.2, 0.25) is 0 Å². The van der Waals surface area contributed by atoms with Crippen LogP contribution in [-0.2, 0) is 4.74 Å². The predicted octanol–water partition coefficient (Wildman–Crippen LogP) is 2.80. The van der Waals surface area contributed by atoms with Gasteiger partial charge in [-0.2, -0.15) is 0 Å². The number of hydrogen-bond acceptors (Lipinski definition) is 2. The Bertz CT molecular complexity index is 178. The predicted molar refractivity (Wildman–Crippen MR) is 66.6 cm³/mol. The molecule has 1 atom stereocenters. The largest absolute Gasteiger partial charge is 0.378 e. The van der Waals surface area contributed by atoms with Crippen LogP contribution in [0.25, 0.3) is 0 Å². The highest BCUT2D eigenvalue weighted by Crippen LogP contribution is 2.27. The average molecular weight is 276 g/mol. The maximum absolute atomic E-state index is 5.64. The number of nitrogens with zero attached hydrogens (tertiary/aromatic N) is 1. The number of rotatable bonds is 7. The standard InChI is InChI=1S/C12H22BrNO/c13-7-9-14(11-5-6-11)8-1-3-12-4-2-10-15-12/h11-12H,1-10H2. The summed E-state index contributed by atoms with van der Waals surface area (Å²) in [6, 6.07) is 0.909. The molecule has 0 radical (unpaired) electrons. The van der Waals surface area contributed by atoms with Crippen LogP contribution in [0, 0.1) is 0 Å². The second-order valence-corrected chi connectivity index (χ2v) is 5.53. The van der Waals surface area contributed by atoms with Gasteiger partial charge in [-0.05, 0) is 45.1 Å². The summed E-state index contributed by atoms with van der Waals surface area (Å²) < 4.78 is 5.64. The summed E-state index contributed by atoms with van der Waals surface area (Å²) in [5, 5.41) is 1.11. The van der Waals surface area contributed by atoms with Crippen molar-refractivity contribution >= 4 is 15.9 Å². The van der Waals surface area contributed by atoms with Gasteiger partial charge in [-0.3, -0.25) is 4.90 Å².